The van der Waals surface area contributed by atoms with Gasteiger partial charge in [-0.3, -0.25) is 14.5 Å². The summed E-state index contributed by atoms with van der Waals surface area (Å²) < 4.78 is 0. The number of piperidine rings is 1. The summed E-state index contributed by atoms with van der Waals surface area (Å²) in [6.45, 7) is 1.34. The first-order valence-electron chi connectivity index (χ1n) is 6.10. The lowest BCUT2D eigenvalue weighted by atomic mass is 10.1. The van der Waals surface area contributed by atoms with E-state index in [2.05, 4.69) is 0 Å². The molecule has 1 fully saturated rings. The lowest BCUT2D eigenvalue weighted by Crippen LogP contribution is -2.53. The van der Waals surface area contributed by atoms with Crippen LogP contribution >= 0.6 is 12.2 Å². The van der Waals surface area contributed by atoms with E-state index in [1.807, 2.05) is 4.90 Å². The molecule has 18 heavy (non-hydrogen) atoms. The molecular formula is C12H16N2O3S. The Morgan fingerprint density at radius 3 is 2.28 bits per heavy atom. The third kappa shape index (κ3) is 2.44. The number of thiocarbonyl (C=S) groups is 1. The number of hydrogen-bond donors (Lipinski definition) is 1. The Hall–Kier alpha value is -1.27. The summed E-state index contributed by atoms with van der Waals surface area (Å²) in [5, 5.41) is 9.44. The second kappa shape index (κ2) is 5.58. The first-order valence-corrected chi connectivity index (χ1v) is 6.51. The molecule has 2 aliphatic heterocycles. The van der Waals surface area contributed by atoms with Crippen LogP contribution in [0.1, 0.15) is 19.3 Å². The Morgan fingerprint density at radius 1 is 1.22 bits per heavy atom. The second-order valence-corrected chi connectivity index (χ2v) is 4.88. The monoisotopic (exact) mass is 268 g/mol. The highest BCUT2D eigenvalue weighted by atomic mass is 32.1. The van der Waals surface area contributed by atoms with Gasteiger partial charge in [0.15, 0.2) is 0 Å². The highest BCUT2D eigenvalue weighted by molar-refractivity contribution is 7.80. The third-order valence-corrected chi connectivity index (χ3v) is 3.81. The number of hydrogen-bond acceptors (Lipinski definition) is 4. The number of carbonyl (C=O) groups is 2. The first-order chi connectivity index (χ1) is 8.65. The zero-order valence-electron chi connectivity index (χ0n) is 10.0. The van der Waals surface area contributed by atoms with Crippen molar-refractivity contribution in [3.05, 3.63) is 12.2 Å². The molecule has 0 aliphatic carbocycles. The molecule has 1 unspecified atom stereocenters. The number of rotatable bonds is 3. The Balaban J connectivity index is 2.10. The molecule has 0 bridgehead atoms. The minimum atomic E-state index is -0.715. The van der Waals surface area contributed by atoms with E-state index < -0.39 is 17.9 Å². The van der Waals surface area contributed by atoms with Crippen molar-refractivity contribution in [1.82, 2.24) is 9.80 Å². The minimum Gasteiger partial charge on any atom is -0.394 e. The van der Waals surface area contributed by atoms with E-state index in [1.165, 1.54) is 18.6 Å². The fourth-order valence-corrected chi connectivity index (χ4v) is 2.68. The molecular weight excluding hydrogens is 252 g/mol. The van der Waals surface area contributed by atoms with E-state index in [-0.39, 0.29) is 6.61 Å². The standard InChI is InChI=1S/C12H16N2O3S/c15-8-9(14-10(16)4-5-11(14)17)12(18)13-6-2-1-3-7-13/h4-5,9,15H,1-3,6-8H2. The molecule has 98 valence electrons. The molecule has 2 aliphatic rings. The molecule has 0 aromatic heterocycles. The highest BCUT2D eigenvalue weighted by Crippen LogP contribution is 2.16. The molecule has 2 rings (SSSR count). The van der Waals surface area contributed by atoms with Crippen LogP contribution in [0.4, 0.5) is 0 Å². The minimum absolute atomic E-state index is 0.325. The van der Waals surface area contributed by atoms with Gasteiger partial charge in [-0.25, -0.2) is 0 Å². The molecule has 0 spiro atoms. The number of amides is 2. The van der Waals surface area contributed by atoms with Crippen LogP contribution < -0.4 is 0 Å². The average Bonchev–Trinajstić information content (AvgIpc) is 2.72. The van der Waals surface area contributed by atoms with Crippen LogP contribution in [0.15, 0.2) is 12.2 Å². The normalized spacial score (nSPS) is 21.6. The van der Waals surface area contributed by atoms with Gasteiger partial charge in [0.2, 0.25) is 0 Å². The smallest absolute Gasteiger partial charge is 0.254 e. The van der Waals surface area contributed by atoms with Gasteiger partial charge in [-0.1, -0.05) is 12.2 Å². The fraction of sp³-hybridized carbons (Fsp3) is 0.583. The van der Waals surface area contributed by atoms with Gasteiger partial charge in [0.25, 0.3) is 11.8 Å². The first kappa shape index (κ1) is 13.2. The van der Waals surface area contributed by atoms with E-state index in [0.29, 0.717) is 4.99 Å². The lowest BCUT2D eigenvalue weighted by Gasteiger charge is -2.35. The van der Waals surface area contributed by atoms with Gasteiger partial charge >= 0.3 is 0 Å². The number of nitrogens with zero attached hydrogens (tertiary/aromatic N) is 2. The maximum atomic E-state index is 11.6. The molecule has 5 nitrogen and oxygen atoms in total. The van der Waals surface area contributed by atoms with Crippen LogP contribution in [0.3, 0.4) is 0 Å². The van der Waals surface area contributed by atoms with Gasteiger partial charge in [0.1, 0.15) is 11.0 Å². The average molecular weight is 268 g/mol. The van der Waals surface area contributed by atoms with Gasteiger partial charge in [0, 0.05) is 25.2 Å². The van der Waals surface area contributed by atoms with Gasteiger partial charge in [-0.2, -0.15) is 0 Å². The number of carbonyl (C=O) groups excluding carboxylic acids is 2. The van der Waals surface area contributed by atoms with Crippen molar-refractivity contribution in [3.8, 4) is 0 Å². The molecule has 1 N–H and O–H groups in total. The van der Waals surface area contributed by atoms with E-state index in [9.17, 15) is 14.7 Å². The topological polar surface area (TPSA) is 60.9 Å². The van der Waals surface area contributed by atoms with Gasteiger partial charge in [0.05, 0.1) is 6.61 Å². The molecule has 0 saturated carbocycles. The van der Waals surface area contributed by atoms with E-state index in [1.54, 1.807) is 0 Å². The van der Waals surface area contributed by atoms with Crippen molar-refractivity contribution in [2.24, 2.45) is 0 Å². The summed E-state index contributed by atoms with van der Waals surface area (Å²) in [4.78, 5) is 26.7. The summed E-state index contributed by atoms with van der Waals surface area (Å²) in [5.41, 5.74) is 0. The summed E-state index contributed by atoms with van der Waals surface area (Å²) in [7, 11) is 0. The molecule has 0 radical (unpaired) electrons. The van der Waals surface area contributed by atoms with Crippen LogP contribution in [-0.4, -0.2) is 57.4 Å². The zero-order chi connectivity index (χ0) is 13.1. The summed E-state index contributed by atoms with van der Waals surface area (Å²) in [5.74, 6) is -0.809. The van der Waals surface area contributed by atoms with Gasteiger partial charge < -0.3 is 10.0 Å². The van der Waals surface area contributed by atoms with Crippen molar-refractivity contribution < 1.29 is 14.7 Å². The van der Waals surface area contributed by atoms with Crippen LogP contribution in [0.2, 0.25) is 0 Å². The van der Waals surface area contributed by atoms with E-state index in [4.69, 9.17) is 12.2 Å². The van der Waals surface area contributed by atoms with Crippen LogP contribution in [-0.2, 0) is 9.59 Å². The highest BCUT2D eigenvalue weighted by Gasteiger charge is 2.35. The number of imide groups is 1. The van der Waals surface area contributed by atoms with Crippen LogP contribution in [0.5, 0.6) is 0 Å². The lowest BCUT2D eigenvalue weighted by molar-refractivity contribution is -0.138. The second-order valence-electron chi connectivity index (χ2n) is 4.46. The number of aliphatic hydroxyl groups is 1. The van der Waals surface area contributed by atoms with Crippen molar-refractivity contribution in [2.45, 2.75) is 25.3 Å². The van der Waals surface area contributed by atoms with Gasteiger partial charge in [-0.15, -0.1) is 0 Å². The predicted molar refractivity (Wildman–Crippen MR) is 69.9 cm³/mol. The van der Waals surface area contributed by atoms with E-state index >= 15 is 0 Å². The predicted octanol–water partition coefficient (Wildman–Crippen LogP) is 0.0856. The Bertz CT molecular complexity index is 384. The van der Waals surface area contributed by atoms with Crippen molar-refractivity contribution in [2.75, 3.05) is 19.7 Å². The number of likely N-dealkylation sites (tertiary alicyclic amines) is 1. The van der Waals surface area contributed by atoms with Gasteiger partial charge in [-0.05, 0) is 19.3 Å². The summed E-state index contributed by atoms with van der Waals surface area (Å²) in [6, 6.07) is -0.715. The summed E-state index contributed by atoms with van der Waals surface area (Å²) in [6.07, 6.45) is 5.70. The van der Waals surface area contributed by atoms with Crippen LogP contribution in [0.25, 0.3) is 0 Å². The van der Waals surface area contributed by atoms with Crippen molar-refractivity contribution >= 4 is 29.0 Å². The van der Waals surface area contributed by atoms with Crippen molar-refractivity contribution in [1.29, 1.82) is 0 Å². The summed E-state index contributed by atoms with van der Waals surface area (Å²) >= 11 is 5.33. The zero-order valence-corrected chi connectivity index (χ0v) is 10.9. The van der Waals surface area contributed by atoms with Crippen molar-refractivity contribution in [3.63, 3.8) is 0 Å². The third-order valence-electron chi connectivity index (χ3n) is 3.28. The molecule has 6 heteroatoms. The molecule has 0 aromatic rings. The maximum absolute atomic E-state index is 11.6. The molecule has 2 amide bonds. The Kier molecular flexibility index (Phi) is 4.08. The maximum Gasteiger partial charge on any atom is 0.254 e. The quantitative estimate of drug-likeness (QED) is 0.580. The number of aliphatic hydroxyl groups excluding tert-OH is 1. The molecule has 1 atom stereocenters. The molecule has 0 aromatic carbocycles. The fourth-order valence-electron chi connectivity index (χ4n) is 2.31. The van der Waals surface area contributed by atoms with E-state index in [0.717, 1.165) is 30.8 Å². The molecule has 1 saturated heterocycles. The Labute approximate surface area is 111 Å². The SMILES string of the molecule is O=C1C=CC(=O)N1C(CO)C(=S)N1CCCCC1. The van der Waals surface area contributed by atoms with Crippen LogP contribution in [0, 0.1) is 0 Å². The Morgan fingerprint density at radius 2 is 1.78 bits per heavy atom. The largest absolute Gasteiger partial charge is 0.394 e. The molecule has 2 heterocycles.